The fraction of sp³-hybridized carbons (Fsp3) is 0.500. The number of ketones is 1. The molecule has 0 N–H and O–H groups in total. The van der Waals surface area contributed by atoms with Crippen LogP contribution in [0.4, 0.5) is 0 Å². The highest BCUT2D eigenvalue weighted by Crippen LogP contribution is 2.19. The van der Waals surface area contributed by atoms with Crippen LogP contribution in [0, 0.1) is 0 Å². The number of Topliss-reactive ketones (excluding diaryl/α,β-unsaturated/α-hetero) is 1. The Kier molecular flexibility index (Phi) is 8.02. The van der Waals surface area contributed by atoms with Crippen molar-refractivity contribution in [2.45, 2.75) is 25.6 Å². The van der Waals surface area contributed by atoms with Gasteiger partial charge in [0, 0.05) is 29.9 Å². The third-order valence-corrected chi connectivity index (χ3v) is 4.79. The summed E-state index contributed by atoms with van der Waals surface area (Å²) in [6.45, 7) is 0.624. The first kappa shape index (κ1) is 16.4. The molecule has 0 amide bonds. The smallest absolute Gasteiger partial charge is 0.138 e. The molecule has 0 heterocycles. The van der Waals surface area contributed by atoms with Crippen LogP contribution in [0.5, 0.6) is 0 Å². The maximum absolute atomic E-state index is 10.6. The number of benzene rings is 1. The Bertz CT molecular complexity index is 398. The van der Waals surface area contributed by atoms with E-state index >= 15 is 0 Å². The van der Waals surface area contributed by atoms with Gasteiger partial charge in [-0.25, -0.2) is 0 Å². The molecule has 2 rings (SSSR count). The van der Waals surface area contributed by atoms with Crippen LogP contribution in [0.15, 0.2) is 30.3 Å². The minimum absolute atomic E-state index is 0.174. The second kappa shape index (κ2) is 9.28. The van der Waals surface area contributed by atoms with Crippen molar-refractivity contribution in [3.8, 4) is 0 Å². The molecule has 1 unspecified atom stereocenters. The fourth-order valence-electron chi connectivity index (χ4n) is 1.52. The lowest BCUT2D eigenvalue weighted by molar-refractivity contribution is -0.135. The lowest BCUT2D eigenvalue weighted by Crippen LogP contribution is -2.31. The maximum atomic E-state index is 10.6. The molecule has 0 radical (unpaired) electrons. The molecule has 19 heavy (non-hydrogen) atoms. The van der Waals surface area contributed by atoms with Gasteiger partial charge in [0.15, 0.2) is 0 Å². The van der Waals surface area contributed by atoms with Gasteiger partial charge >= 0.3 is 0 Å². The van der Waals surface area contributed by atoms with Gasteiger partial charge in [-0.05, 0) is 11.8 Å². The molecule has 1 aromatic carbocycles. The van der Waals surface area contributed by atoms with Crippen LogP contribution in [0.1, 0.15) is 18.4 Å². The summed E-state index contributed by atoms with van der Waals surface area (Å²) >= 11 is 1.61. The van der Waals surface area contributed by atoms with E-state index in [1.807, 2.05) is 36.6 Å². The normalized spacial score (nSPS) is 16.2. The molecular formula is C14H20O3S2. The highest BCUT2D eigenvalue weighted by molar-refractivity contribution is 8.09. The van der Waals surface area contributed by atoms with Crippen LogP contribution in [0.25, 0.3) is 0 Å². The summed E-state index contributed by atoms with van der Waals surface area (Å²) in [6.07, 6.45) is 5.03. The van der Waals surface area contributed by atoms with E-state index in [4.69, 9.17) is 4.74 Å². The van der Waals surface area contributed by atoms with Crippen LogP contribution in [0.3, 0.4) is 0 Å². The van der Waals surface area contributed by atoms with Crippen molar-refractivity contribution in [2.24, 2.45) is 0 Å². The van der Waals surface area contributed by atoms with E-state index in [9.17, 15) is 9.00 Å². The van der Waals surface area contributed by atoms with Crippen LogP contribution in [-0.4, -0.2) is 33.7 Å². The Labute approximate surface area is 121 Å². The second-order valence-electron chi connectivity index (χ2n) is 4.35. The summed E-state index contributed by atoms with van der Waals surface area (Å²) in [5, 5.41) is 0.764. The molecule has 1 saturated carbocycles. The SMILES string of the molecule is CSCS(C)=O.O=C1CC(OCc2ccccc2)C1. The van der Waals surface area contributed by atoms with Crippen molar-refractivity contribution < 1.29 is 13.7 Å². The predicted molar refractivity (Wildman–Crippen MR) is 81.7 cm³/mol. The molecule has 0 saturated heterocycles. The summed E-state index contributed by atoms with van der Waals surface area (Å²) in [5.41, 5.74) is 1.17. The predicted octanol–water partition coefficient (Wildman–Crippen LogP) is 2.62. The van der Waals surface area contributed by atoms with Gasteiger partial charge in [0.25, 0.3) is 0 Å². The lowest BCUT2D eigenvalue weighted by Gasteiger charge is -2.24. The van der Waals surface area contributed by atoms with Gasteiger partial charge in [0.2, 0.25) is 0 Å². The molecule has 1 atom stereocenters. The zero-order valence-electron chi connectivity index (χ0n) is 11.3. The number of carbonyl (C=O) groups excluding carboxylic acids is 1. The molecule has 0 aliphatic heterocycles. The van der Waals surface area contributed by atoms with Gasteiger partial charge in [0.05, 0.1) is 17.8 Å². The Morgan fingerprint density at radius 1 is 1.32 bits per heavy atom. The summed E-state index contributed by atoms with van der Waals surface area (Å²) in [5.74, 6) is 0.318. The van der Waals surface area contributed by atoms with Crippen LogP contribution in [-0.2, 0) is 26.9 Å². The van der Waals surface area contributed by atoms with Gasteiger partial charge in [-0.3, -0.25) is 9.00 Å². The van der Waals surface area contributed by atoms with Crippen LogP contribution >= 0.6 is 11.8 Å². The molecule has 1 aromatic rings. The molecular weight excluding hydrogens is 280 g/mol. The Balaban J connectivity index is 0.000000258. The monoisotopic (exact) mass is 300 g/mol. The molecule has 0 aromatic heterocycles. The summed E-state index contributed by atoms with van der Waals surface area (Å²) in [7, 11) is -0.603. The van der Waals surface area contributed by atoms with Gasteiger partial charge in [-0.1, -0.05) is 30.3 Å². The van der Waals surface area contributed by atoms with Crippen molar-refractivity contribution in [1.29, 1.82) is 0 Å². The molecule has 3 nitrogen and oxygen atoms in total. The number of hydrogen-bond donors (Lipinski definition) is 0. The average molecular weight is 300 g/mol. The summed E-state index contributed by atoms with van der Waals surface area (Å²) in [6, 6.07) is 10.0. The summed E-state index contributed by atoms with van der Waals surface area (Å²) < 4.78 is 15.6. The van der Waals surface area contributed by atoms with Gasteiger partial charge in [-0.2, -0.15) is 11.8 Å². The second-order valence-corrected chi connectivity index (χ2v) is 7.01. The van der Waals surface area contributed by atoms with Crippen molar-refractivity contribution in [2.75, 3.05) is 17.6 Å². The highest BCUT2D eigenvalue weighted by atomic mass is 32.2. The highest BCUT2D eigenvalue weighted by Gasteiger charge is 2.26. The number of rotatable bonds is 5. The quantitative estimate of drug-likeness (QED) is 0.838. The molecule has 0 bridgehead atoms. The minimum atomic E-state index is -0.603. The molecule has 1 fully saturated rings. The van der Waals surface area contributed by atoms with E-state index in [0.29, 0.717) is 25.2 Å². The largest absolute Gasteiger partial charge is 0.373 e. The van der Waals surface area contributed by atoms with Crippen molar-refractivity contribution in [3.63, 3.8) is 0 Å². The van der Waals surface area contributed by atoms with Gasteiger partial charge in [-0.15, -0.1) is 0 Å². The van der Waals surface area contributed by atoms with Crippen molar-refractivity contribution in [3.05, 3.63) is 35.9 Å². The van der Waals surface area contributed by atoms with E-state index in [1.165, 1.54) is 5.56 Å². The number of hydrogen-bond acceptors (Lipinski definition) is 4. The first-order valence-corrected chi connectivity index (χ1v) is 9.20. The minimum Gasteiger partial charge on any atom is -0.373 e. The van der Waals surface area contributed by atoms with Crippen LogP contribution in [0.2, 0.25) is 0 Å². The van der Waals surface area contributed by atoms with E-state index in [-0.39, 0.29) is 6.10 Å². The van der Waals surface area contributed by atoms with Gasteiger partial charge < -0.3 is 4.74 Å². The number of carbonyl (C=O) groups is 1. The third-order valence-electron chi connectivity index (χ3n) is 2.52. The van der Waals surface area contributed by atoms with E-state index in [2.05, 4.69) is 0 Å². The fourth-order valence-corrected chi connectivity index (χ4v) is 2.85. The Morgan fingerprint density at radius 2 is 1.95 bits per heavy atom. The number of ether oxygens (including phenoxy) is 1. The standard InChI is InChI=1S/C11H12O2.C3H8OS2/c12-10-6-11(7-10)13-8-9-4-2-1-3-5-9;1-5-3-6(2)4/h1-5,11H,6-8H2;3H2,1-2H3. The Morgan fingerprint density at radius 3 is 2.37 bits per heavy atom. The van der Waals surface area contributed by atoms with E-state index < -0.39 is 10.8 Å². The number of thioether (sulfide) groups is 1. The molecule has 1 aliphatic rings. The first-order valence-electron chi connectivity index (χ1n) is 6.08. The Hall–Kier alpha value is -0.650. The third kappa shape index (κ3) is 7.50. The zero-order valence-corrected chi connectivity index (χ0v) is 13.0. The van der Waals surface area contributed by atoms with E-state index in [1.54, 1.807) is 18.0 Å². The maximum Gasteiger partial charge on any atom is 0.138 e. The lowest BCUT2D eigenvalue weighted by atomic mass is 9.94. The molecule has 0 spiro atoms. The van der Waals surface area contributed by atoms with E-state index in [0.717, 1.165) is 5.08 Å². The van der Waals surface area contributed by atoms with Crippen molar-refractivity contribution >= 4 is 28.3 Å². The zero-order chi connectivity index (χ0) is 14.1. The topological polar surface area (TPSA) is 43.4 Å². The molecule has 1 aliphatic carbocycles. The first-order chi connectivity index (χ1) is 9.11. The average Bonchev–Trinajstić information content (AvgIpc) is 2.35. The molecule has 5 heteroatoms. The summed E-state index contributed by atoms with van der Waals surface area (Å²) in [4.78, 5) is 10.6. The van der Waals surface area contributed by atoms with Gasteiger partial charge in [0.1, 0.15) is 5.78 Å². The van der Waals surface area contributed by atoms with Crippen LogP contribution < -0.4 is 0 Å². The molecule has 106 valence electrons. The van der Waals surface area contributed by atoms with Crippen molar-refractivity contribution in [1.82, 2.24) is 0 Å².